The van der Waals surface area contributed by atoms with Crippen LogP contribution in [0.15, 0.2) is 84.8 Å². The number of hydrogen-bond donors (Lipinski definition) is 4. The molecule has 1 unspecified atom stereocenters. The fourth-order valence-electron chi connectivity index (χ4n) is 4.91. The lowest BCUT2D eigenvalue weighted by Crippen LogP contribution is -2.38. The third kappa shape index (κ3) is 5.14. The first kappa shape index (κ1) is 24.4. The van der Waals surface area contributed by atoms with Gasteiger partial charge in [0.15, 0.2) is 5.82 Å². The average Bonchev–Trinajstić information content (AvgIpc) is 3.72. The minimum Gasteiger partial charge on any atom is -0.377 e. The van der Waals surface area contributed by atoms with Crippen LogP contribution in [0.2, 0.25) is 0 Å². The quantitative estimate of drug-likeness (QED) is 0.195. The number of pyridine rings is 1. The molecule has 1 aliphatic heterocycles. The Bertz CT molecular complexity index is 1650. The molecular weight excluding hydrogens is 508 g/mol. The van der Waals surface area contributed by atoms with Crippen LogP contribution in [0.4, 0.5) is 20.2 Å². The van der Waals surface area contributed by atoms with E-state index in [-0.39, 0.29) is 17.1 Å². The molecule has 1 fully saturated rings. The predicted octanol–water partition coefficient (Wildman–Crippen LogP) is 6.43. The van der Waals surface area contributed by atoms with E-state index >= 15 is 4.39 Å². The predicted molar refractivity (Wildman–Crippen MR) is 151 cm³/mol. The number of nitrogens with one attached hydrogen (secondary N) is 4. The maximum atomic E-state index is 15.6. The van der Waals surface area contributed by atoms with Gasteiger partial charge in [0, 0.05) is 29.5 Å². The number of benzene rings is 3. The number of nitriles is 1. The van der Waals surface area contributed by atoms with E-state index in [2.05, 4.69) is 32.6 Å². The summed E-state index contributed by atoms with van der Waals surface area (Å²) in [6.07, 6.45) is 5.98. The zero-order valence-corrected chi connectivity index (χ0v) is 21.9. The number of anilines is 2. The normalized spacial score (nSPS) is 17.3. The molecule has 0 spiro atoms. The molecule has 2 atom stereocenters. The minimum absolute atomic E-state index is 0.108. The summed E-state index contributed by atoms with van der Waals surface area (Å²) in [7, 11) is 0. The zero-order valence-electron chi connectivity index (χ0n) is 22.9. The molecule has 4 aromatic rings. The number of fused-ring (bicyclic) bond motifs is 1. The van der Waals surface area contributed by atoms with Gasteiger partial charge in [-0.15, -0.1) is 5.53 Å². The van der Waals surface area contributed by atoms with Crippen molar-refractivity contribution in [3.63, 3.8) is 0 Å². The molecule has 202 valence electrons. The van der Waals surface area contributed by atoms with Crippen LogP contribution in [0.1, 0.15) is 56.3 Å². The lowest BCUT2D eigenvalue weighted by molar-refractivity contribution is 0.260. The maximum Gasteiger partial charge on any atom is 0.151 e. The summed E-state index contributed by atoms with van der Waals surface area (Å²) in [4.78, 5) is 4.24. The van der Waals surface area contributed by atoms with Gasteiger partial charge in [0.05, 0.1) is 30.4 Å². The van der Waals surface area contributed by atoms with E-state index in [0.717, 1.165) is 24.8 Å². The van der Waals surface area contributed by atoms with Gasteiger partial charge in [0.2, 0.25) is 0 Å². The van der Waals surface area contributed by atoms with E-state index in [4.69, 9.17) is 0 Å². The number of hydrogen-bond acceptors (Lipinski definition) is 7. The van der Waals surface area contributed by atoms with Gasteiger partial charge in [-0.1, -0.05) is 49.4 Å². The number of nitrogens with zero attached hydrogens (tertiary/aromatic N) is 3. The smallest absolute Gasteiger partial charge is 0.151 e. The van der Waals surface area contributed by atoms with Crippen molar-refractivity contribution in [2.24, 2.45) is 0 Å². The van der Waals surface area contributed by atoms with Crippen molar-refractivity contribution in [2.75, 3.05) is 10.6 Å². The third-order valence-electron chi connectivity index (χ3n) is 7.17. The molecule has 0 saturated heterocycles. The Balaban J connectivity index is 1.44. The zero-order chi connectivity index (χ0) is 28.6. The van der Waals surface area contributed by atoms with Crippen molar-refractivity contribution in [3.05, 3.63) is 113 Å². The molecular formula is C31H29F2N7. The molecule has 0 amide bonds. The van der Waals surface area contributed by atoms with Crippen LogP contribution < -0.4 is 21.6 Å². The lowest BCUT2D eigenvalue weighted by atomic mass is 10.0. The Morgan fingerprint density at radius 1 is 1.10 bits per heavy atom. The fourth-order valence-corrected chi connectivity index (χ4v) is 4.91. The van der Waals surface area contributed by atoms with Crippen LogP contribution in [-0.2, 0) is 0 Å². The molecule has 0 bridgehead atoms. The van der Waals surface area contributed by atoms with Gasteiger partial charge in [-0.05, 0) is 54.7 Å². The number of aromatic nitrogens is 1. The fraction of sp³-hybridized carbons (Fsp3) is 0.226. The third-order valence-corrected chi connectivity index (χ3v) is 7.17. The second-order valence-corrected chi connectivity index (χ2v) is 9.95. The number of hydrazine groups is 2. The van der Waals surface area contributed by atoms with Crippen LogP contribution in [0.3, 0.4) is 0 Å². The largest absolute Gasteiger partial charge is 0.377 e. The van der Waals surface area contributed by atoms with Gasteiger partial charge in [-0.2, -0.15) is 5.26 Å². The highest BCUT2D eigenvalue weighted by atomic mass is 19.1. The Morgan fingerprint density at radius 3 is 2.58 bits per heavy atom. The molecule has 1 aromatic heterocycles. The molecule has 6 rings (SSSR count). The van der Waals surface area contributed by atoms with E-state index in [0.29, 0.717) is 34.1 Å². The Hall–Kier alpha value is -4.68. The summed E-state index contributed by atoms with van der Waals surface area (Å²) in [5.41, 5.74) is 9.25. The Morgan fingerprint density at radius 2 is 1.88 bits per heavy atom. The van der Waals surface area contributed by atoms with E-state index in [1.54, 1.807) is 6.07 Å². The van der Waals surface area contributed by atoms with Crippen LogP contribution in [0.5, 0.6) is 0 Å². The summed E-state index contributed by atoms with van der Waals surface area (Å²) in [5, 5.41) is 18.9. The molecule has 40 heavy (non-hydrogen) atoms. The summed E-state index contributed by atoms with van der Waals surface area (Å²) in [6, 6.07) is 19.2. The van der Waals surface area contributed by atoms with Crippen molar-refractivity contribution in [3.8, 4) is 6.07 Å². The molecule has 4 N–H and O–H groups in total. The average molecular weight is 539 g/mol. The molecule has 3 aromatic carbocycles. The molecule has 0 radical (unpaired) electrons. The first-order valence-corrected chi connectivity index (χ1v) is 13.3. The summed E-state index contributed by atoms with van der Waals surface area (Å²) in [5.74, 6) is -1.02. The van der Waals surface area contributed by atoms with Crippen LogP contribution in [-0.4, -0.2) is 16.0 Å². The van der Waals surface area contributed by atoms with Crippen molar-refractivity contribution in [1.82, 2.24) is 21.0 Å². The highest BCUT2D eigenvalue weighted by Crippen LogP contribution is 2.36. The highest BCUT2D eigenvalue weighted by Gasteiger charge is 2.32. The van der Waals surface area contributed by atoms with Crippen molar-refractivity contribution >= 4 is 22.3 Å². The van der Waals surface area contributed by atoms with Crippen LogP contribution in [0.25, 0.3) is 10.9 Å². The Kier molecular flexibility index (Phi) is 6.60. The lowest BCUT2D eigenvalue weighted by Gasteiger charge is -2.23. The monoisotopic (exact) mass is 538 g/mol. The van der Waals surface area contributed by atoms with Gasteiger partial charge in [0.25, 0.3) is 0 Å². The number of halogens is 2. The van der Waals surface area contributed by atoms with Crippen molar-refractivity contribution in [2.45, 2.75) is 44.3 Å². The van der Waals surface area contributed by atoms with E-state index in [9.17, 15) is 11.0 Å². The minimum atomic E-state index is -1.63. The first-order chi connectivity index (χ1) is 19.9. The van der Waals surface area contributed by atoms with E-state index in [1.165, 1.54) is 36.5 Å². The molecule has 7 nitrogen and oxygen atoms in total. The van der Waals surface area contributed by atoms with E-state index < -0.39 is 17.7 Å². The summed E-state index contributed by atoms with van der Waals surface area (Å²) < 4.78 is 39.0. The van der Waals surface area contributed by atoms with Gasteiger partial charge < -0.3 is 16.1 Å². The van der Waals surface area contributed by atoms with Gasteiger partial charge in [0.1, 0.15) is 17.4 Å². The summed E-state index contributed by atoms with van der Waals surface area (Å²) in [6.45, 7) is 2.03. The van der Waals surface area contributed by atoms with Gasteiger partial charge in [-0.3, -0.25) is 9.99 Å². The van der Waals surface area contributed by atoms with E-state index in [1.807, 2.05) is 48.5 Å². The molecule has 2 heterocycles. The van der Waals surface area contributed by atoms with Crippen molar-refractivity contribution in [1.29, 1.82) is 5.26 Å². The second kappa shape index (κ2) is 10.8. The molecule has 1 aliphatic carbocycles. The topological polar surface area (TPSA) is 88.0 Å². The standard InChI is InChI=1S/C31H29F2N7/c1-2-27(19-6-4-3-5-7-19)37-29-21(16-34)17-35-31-25(29)14-23(15-26(31)33)36-30(20-8-10-22(32)11-9-20)28-18-40(39-38-28)24-12-13-24/h3-11,14-15,17-18,24,27,30,36,38-39H,2,12-13H2,1H3,(H,35,37)/t27-,30?/m1/s1/i30D. The van der Waals surface area contributed by atoms with Crippen LogP contribution in [0, 0.1) is 23.0 Å². The molecule has 2 aliphatic rings. The van der Waals surface area contributed by atoms with Gasteiger partial charge in [-0.25, -0.2) is 8.78 Å². The van der Waals surface area contributed by atoms with Crippen molar-refractivity contribution < 1.29 is 10.2 Å². The maximum absolute atomic E-state index is 15.6. The van der Waals surface area contributed by atoms with Crippen LogP contribution >= 0.6 is 0 Å². The molecule has 9 heteroatoms. The summed E-state index contributed by atoms with van der Waals surface area (Å²) >= 11 is 0. The molecule has 1 saturated carbocycles. The first-order valence-electron chi connectivity index (χ1n) is 13.8. The number of rotatable bonds is 9. The Labute approximate surface area is 232 Å². The SMILES string of the molecule is [2H]C(Nc1cc(F)c2ncc(C#N)c(N[C@H](CC)c3ccccc3)c2c1)(C1=CN(C2CC2)NN1)c1ccc(F)cc1. The second-order valence-electron chi connectivity index (χ2n) is 9.95. The highest BCUT2D eigenvalue weighted by molar-refractivity contribution is 5.96. The van der Waals surface area contributed by atoms with Gasteiger partial charge >= 0.3 is 0 Å².